The number of nitrogens with zero attached hydrogens (tertiary/aromatic N) is 2. The maximum Gasteiger partial charge on any atom is 0.273 e. The lowest BCUT2D eigenvalue weighted by Gasteiger charge is -2.23. The summed E-state index contributed by atoms with van der Waals surface area (Å²) in [4.78, 5) is 9.02. The number of benzene rings is 2. The molecule has 2 heterocycles. The molecule has 0 amide bonds. The number of alkyl halides is 2. The van der Waals surface area contributed by atoms with Crippen molar-refractivity contribution in [1.82, 2.24) is 9.97 Å². The number of ether oxygens (including phenoxy) is 3. The van der Waals surface area contributed by atoms with Gasteiger partial charge in [0.05, 0.1) is 30.8 Å². The van der Waals surface area contributed by atoms with Gasteiger partial charge >= 0.3 is 0 Å². The van der Waals surface area contributed by atoms with Crippen LogP contribution in [0.5, 0.6) is 11.5 Å². The molecule has 1 aliphatic heterocycles. The predicted molar refractivity (Wildman–Crippen MR) is 128 cm³/mol. The Balaban J connectivity index is 1.71. The molecule has 1 fully saturated rings. The monoisotopic (exact) mass is 489 g/mol. The van der Waals surface area contributed by atoms with E-state index >= 15 is 0 Å². The second-order valence-electron chi connectivity index (χ2n) is 9.05. The number of methoxy groups -OCH3 is 1. The minimum atomic E-state index is -3.29. The number of aromatic nitrogens is 2. The Kier molecular flexibility index (Phi) is 7.07. The fourth-order valence-electron chi connectivity index (χ4n) is 4.34. The quantitative estimate of drug-likeness (QED) is 0.408. The highest BCUT2D eigenvalue weighted by atomic mass is 19.3. The number of fused-ring (bicyclic) bond motifs is 1. The van der Waals surface area contributed by atoms with Gasteiger partial charge in [0.2, 0.25) is 0 Å². The zero-order chi connectivity index (χ0) is 25.3. The van der Waals surface area contributed by atoms with Gasteiger partial charge in [0.15, 0.2) is 11.5 Å². The molecule has 3 atom stereocenters. The number of halogens is 3. The lowest BCUT2D eigenvalue weighted by molar-refractivity contribution is 0.0136. The van der Waals surface area contributed by atoms with E-state index in [0.717, 1.165) is 12.5 Å². The van der Waals surface area contributed by atoms with Crippen molar-refractivity contribution < 1.29 is 27.4 Å². The molecule has 35 heavy (non-hydrogen) atoms. The van der Waals surface area contributed by atoms with Crippen molar-refractivity contribution in [2.75, 3.05) is 25.6 Å². The minimum absolute atomic E-state index is 0.0990. The topological polar surface area (TPSA) is 65.5 Å². The molecule has 3 aromatic rings. The van der Waals surface area contributed by atoms with E-state index in [2.05, 4.69) is 15.3 Å². The van der Waals surface area contributed by atoms with E-state index in [1.165, 1.54) is 12.1 Å². The maximum absolute atomic E-state index is 15.0. The molecule has 9 heteroatoms. The van der Waals surface area contributed by atoms with Crippen LogP contribution in [0.1, 0.15) is 50.2 Å². The largest absolute Gasteiger partial charge is 0.493 e. The van der Waals surface area contributed by atoms with Crippen molar-refractivity contribution in [2.24, 2.45) is 5.92 Å². The summed E-state index contributed by atoms with van der Waals surface area (Å²) in [5.41, 5.74) is 0.0912. The van der Waals surface area contributed by atoms with E-state index in [0.29, 0.717) is 54.2 Å². The van der Waals surface area contributed by atoms with Crippen LogP contribution in [0, 0.1) is 18.7 Å². The Morgan fingerprint density at radius 3 is 2.60 bits per heavy atom. The van der Waals surface area contributed by atoms with E-state index in [9.17, 15) is 13.2 Å². The van der Waals surface area contributed by atoms with Crippen LogP contribution < -0.4 is 14.8 Å². The summed E-state index contributed by atoms with van der Waals surface area (Å²) in [6, 6.07) is 6.94. The molecule has 0 saturated carbocycles. The van der Waals surface area contributed by atoms with Crippen LogP contribution in [0.3, 0.4) is 0 Å². The average molecular weight is 490 g/mol. The molecule has 2 aromatic carbocycles. The van der Waals surface area contributed by atoms with Crippen molar-refractivity contribution in [3.8, 4) is 11.5 Å². The molecule has 1 N–H and O–H groups in total. The second kappa shape index (κ2) is 9.89. The van der Waals surface area contributed by atoms with Gasteiger partial charge < -0.3 is 19.5 Å². The molecule has 1 aliphatic rings. The minimum Gasteiger partial charge on any atom is -0.493 e. The average Bonchev–Trinajstić information content (AvgIpc) is 3.33. The van der Waals surface area contributed by atoms with E-state index < -0.39 is 23.3 Å². The molecule has 1 aromatic heterocycles. The highest BCUT2D eigenvalue weighted by Crippen LogP contribution is 2.38. The first kappa shape index (κ1) is 25.0. The zero-order valence-corrected chi connectivity index (χ0v) is 20.5. The summed E-state index contributed by atoms with van der Waals surface area (Å²) in [5.74, 6) is -1.96. The molecule has 4 rings (SSSR count). The van der Waals surface area contributed by atoms with E-state index in [4.69, 9.17) is 14.2 Å². The van der Waals surface area contributed by atoms with Gasteiger partial charge in [-0.05, 0) is 33.3 Å². The summed E-state index contributed by atoms with van der Waals surface area (Å²) < 4.78 is 60.0. The van der Waals surface area contributed by atoms with Gasteiger partial charge in [0, 0.05) is 36.5 Å². The van der Waals surface area contributed by atoms with Crippen molar-refractivity contribution in [2.45, 2.75) is 52.2 Å². The zero-order valence-electron chi connectivity index (χ0n) is 20.5. The normalized spacial score (nSPS) is 17.9. The Morgan fingerprint density at radius 1 is 1.17 bits per heavy atom. The third-order valence-electron chi connectivity index (χ3n) is 6.36. The molecular formula is C26H30F3N3O3. The van der Waals surface area contributed by atoms with E-state index in [-0.39, 0.29) is 17.6 Å². The van der Waals surface area contributed by atoms with Gasteiger partial charge in [-0.1, -0.05) is 18.2 Å². The Labute approximate surface area is 202 Å². The molecule has 188 valence electrons. The smallest absolute Gasteiger partial charge is 0.273 e. The van der Waals surface area contributed by atoms with Crippen LogP contribution in [-0.4, -0.2) is 36.4 Å². The van der Waals surface area contributed by atoms with Crippen molar-refractivity contribution in [3.05, 3.63) is 53.1 Å². The highest BCUT2D eigenvalue weighted by molar-refractivity contribution is 5.92. The molecular weight excluding hydrogens is 459 g/mol. The lowest BCUT2D eigenvalue weighted by atomic mass is 10.0. The standard InChI is InChI=1S/C26H30F3N3O3/c1-14(18-7-6-8-20(24(18)27)26(4,28)29)30-25-19-11-23(35-15(2)17-9-10-34-13-17)22(33-5)12-21(19)31-16(3)32-25/h6-8,11-12,14-15,17H,9-10,13H2,1-5H3,(H,30,31,32)/t14-,15?,17-/m1/s1. The maximum atomic E-state index is 15.0. The molecule has 0 aliphatic carbocycles. The first-order valence-corrected chi connectivity index (χ1v) is 11.6. The first-order chi connectivity index (χ1) is 16.6. The number of anilines is 1. The first-order valence-electron chi connectivity index (χ1n) is 11.6. The Hall–Kier alpha value is -3.07. The van der Waals surface area contributed by atoms with Crippen LogP contribution >= 0.6 is 0 Å². The van der Waals surface area contributed by atoms with Crippen LogP contribution in [0.2, 0.25) is 0 Å². The van der Waals surface area contributed by atoms with Gasteiger partial charge in [-0.2, -0.15) is 0 Å². The van der Waals surface area contributed by atoms with Gasteiger partial charge in [-0.15, -0.1) is 0 Å². The highest BCUT2D eigenvalue weighted by Gasteiger charge is 2.30. The predicted octanol–water partition coefficient (Wildman–Crippen LogP) is 6.17. The Morgan fingerprint density at radius 2 is 1.94 bits per heavy atom. The Bertz CT molecular complexity index is 1210. The van der Waals surface area contributed by atoms with E-state index in [1.54, 1.807) is 33.1 Å². The number of hydrogen-bond acceptors (Lipinski definition) is 6. The van der Waals surface area contributed by atoms with E-state index in [1.807, 2.05) is 6.92 Å². The summed E-state index contributed by atoms with van der Waals surface area (Å²) >= 11 is 0. The molecule has 0 spiro atoms. The molecule has 6 nitrogen and oxygen atoms in total. The lowest BCUT2D eigenvalue weighted by Crippen LogP contribution is -2.24. The van der Waals surface area contributed by atoms with Gasteiger partial charge in [-0.3, -0.25) is 0 Å². The fraction of sp³-hybridized carbons (Fsp3) is 0.462. The van der Waals surface area contributed by atoms with Crippen molar-refractivity contribution >= 4 is 16.7 Å². The van der Waals surface area contributed by atoms with Gasteiger partial charge in [0.1, 0.15) is 23.6 Å². The summed E-state index contributed by atoms with van der Waals surface area (Å²) in [5, 5.41) is 3.83. The summed E-state index contributed by atoms with van der Waals surface area (Å²) in [6.07, 6.45) is 0.823. The van der Waals surface area contributed by atoms with Crippen LogP contribution in [-0.2, 0) is 10.7 Å². The van der Waals surface area contributed by atoms with Crippen molar-refractivity contribution in [1.29, 1.82) is 0 Å². The van der Waals surface area contributed by atoms with Crippen LogP contribution in [0.25, 0.3) is 10.9 Å². The summed E-state index contributed by atoms with van der Waals surface area (Å²) in [6.45, 7) is 7.48. The fourth-order valence-corrected chi connectivity index (χ4v) is 4.34. The molecule has 0 bridgehead atoms. The van der Waals surface area contributed by atoms with Crippen LogP contribution in [0.15, 0.2) is 30.3 Å². The molecule has 1 saturated heterocycles. The third-order valence-corrected chi connectivity index (χ3v) is 6.36. The number of hydrogen-bond donors (Lipinski definition) is 1. The third kappa shape index (κ3) is 5.29. The van der Waals surface area contributed by atoms with Crippen LogP contribution in [0.4, 0.5) is 19.0 Å². The second-order valence-corrected chi connectivity index (χ2v) is 9.05. The number of aryl methyl sites for hydroxylation is 1. The van der Waals surface area contributed by atoms with Gasteiger partial charge in [-0.25, -0.2) is 23.1 Å². The van der Waals surface area contributed by atoms with Gasteiger partial charge in [0.25, 0.3) is 5.92 Å². The molecule has 1 unspecified atom stereocenters. The number of nitrogens with one attached hydrogen (secondary N) is 1. The van der Waals surface area contributed by atoms with Crippen molar-refractivity contribution in [3.63, 3.8) is 0 Å². The molecule has 0 radical (unpaired) electrons. The summed E-state index contributed by atoms with van der Waals surface area (Å²) in [7, 11) is 1.56. The SMILES string of the molecule is COc1cc2nc(C)nc(N[C@H](C)c3cccc(C(C)(F)F)c3F)c2cc1OC(C)[C@@H]1CCOC1. The number of rotatable bonds is 8.